The molecule has 0 atom stereocenters. The van der Waals surface area contributed by atoms with E-state index < -0.39 is 5.60 Å². The van der Waals surface area contributed by atoms with Crippen LogP contribution < -0.4 is 4.74 Å². The summed E-state index contributed by atoms with van der Waals surface area (Å²) in [4.78, 5) is 28.0. The Morgan fingerprint density at radius 3 is 2.21 bits per heavy atom. The molecule has 0 unspecified atom stereocenters. The van der Waals surface area contributed by atoms with Gasteiger partial charge < -0.3 is 24.0 Å². The zero-order chi connectivity index (χ0) is 24.1. The largest absolute Gasteiger partial charge is 0.494 e. The van der Waals surface area contributed by atoms with Crippen LogP contribution in [0.1, 0.15) is 76.1 Å². The fourth-order valence-electron chi connectivity index (χ4n) is 3.84. The Bertz CT molecular complexity index is 714. The second-order valence-electron chi connectivity index (χ2n) is 9.65. The molecule has 1 aliphatic rings. The molecule has 1 fully saturated rings. The van der Waals surface area contributed by atoms with Crippen LogP contribution in [0.3, 0.4) is 0 Å². The molecule has 33 heavy (non-hydrogen) atoms. The number of carbonyl (C=O) groups is 2. The standard InChI is InChI=1S/C26H42N2O5/c1-26(2,3)33-25(30)28-18-11-17-27(19-20-28)16-9-7-5-6-8-10-21-32-23-14-12-22(13-15-23)24(29)31-4/h12-15H,5-11,16-21H2,1-4H3. The molecule has 1 aromatic rings. The fourth-order valence-corrected chi connectivity index (χ4v) is 3.84. The topological polar surface area (TPSA) is 68.3 Å². The van der Waals surface area contributed by atoms with Crippen LogP contribution in [0.15, 0.2) is 24.3 Å². The maximum Gasteiger partial charge on any atom is 0.410 e. The minimum Gasteiger partial charge on any atom is -0.494 e. The predicted octanol–water partition coefficient (Wildman–Crippen LogP) is 5.14. The van der Waals surface area contributed by atoms with E-state index >= 15 is 0 Å². The number of methoxy groups -OCH3 is 1. The second-order valence-corrected chi connectivity index (χ2v) is 9.65. The van der Waals surface area contributed by atoms with Crippen molar-refractivity contribution >= 4 is 12.1 Å². The summed E-state index contributed by atoms with van der Waals surface area (Å²) < 4.78 is 16.0. The van der Waals surface area contributed by atoms with Gasteiger partial charge in [0.25, 0.3) is 0 Å². The number of hydrogen-bond donors (Lipinski definition) is 0. The van der Waals surface area contributed by atoms with Crippen LogP contribution in [0.4, 0.5) is 4.79 Å². The van der Waals surface area contributed by atoms with E-state index in [-0.39, 0.29) is 12.1 Å². The van der Waals surface area contributed by atoms with Gasteiger partial charge in [-0.15, -0.1) is 0 Å². The number of ether oxygens (including phenoxy) is 3. The van der Waals surface area contributed by atoms with Crippen LogP contribution in [-0.2, 0) is 9.47 Å². The van der Waals surface area contributed by atoms with Crippen molar-refractivity contribution in [1.82, 2.24) is 9.80 Å². The van der Waals surface area contributed by atoms with Gasteiger partial charge in [0.2, 0.25) is 0 Å². The number of nitrogens with zero attached hydrogens (tertiary/aromatic N) is 2. The quantitative estimate of drug-likeness (QED) is 0.335. The first-order valence-corrected chi connectivity index (χ1v) is 12.3. The van der Waals surface area contributed by atoms with E-state index in [9.17, 15) is 9.59 Å². The molecule has 7 nitrogen and oxygen atoms in total. The van der Waals surface area contributed by atoms with Gasteiger partial charge in [-0.05, 0) is 77.4 Å². The van der Waals surface area contributed by atoms with E-state index in [1.54, 1.807) is 12.1 Å². The van der Waals surface area contributed by atoms with Gasteiger partial charge in [-0.25, -0.2) is 9.59 Å². The molecule has 2 rings (SSSR count). The summed E-state index contributed by atoms with van der Waals surface area (Å²) in [7, 11) is 1.38. The highest BCUT2D eigenvalue weighted by Crippen LogP contribution is 2.15. The second kappa shape index (κ2) is 14.1. The van der Waals surface area contributed by atoms with Gasteiger partial charge in [-0.2, -0.15) is 0 Å². The zero-order valence-corrected chi connectivity index (χ0v) is 20.9. The minimum absolute atomic E-state index is 0.188. The molecule has 7 heteroatoms. The van der Waals surface area contributed by atoms with Crippen LogP contribution in [0, 0.1) is 0 Å². The molecule has 186 valence electrons. The molecule has 1 amide bonds. The summed E-state index contributed by atoms with van der Waals surface area (Å²) in [6.07, 6.45) is 7.91. The lowest BCUT2D eigenvalue weighted by Gasteiger charge is -2.26. The maximum absolute atomic E-state index is 12.3. The van der Waals surface area contributed by atoms with Crippen LogP contribution in [-0.4, -0.2) is 73.9 Å². The number of benzene rings is 1. The first kappa shape index (κ1) is 27.0. The fraction of sp³-hybridized carbons (Fsp3) is 0.692. The highest BCUT2D eigenvalue weighted by atomic mass is 16.6. The Labute approximate surface area is 199 Å². The third kappa shape index (κ3) is 10.9. The molecule has 0 spiro atoms. The molecular weight excluding hydrogens is 420 g/mol. The van der Waals surface area contributed by atoms with Gasteiger partial charge in [0.15, 0.2) is 0 Å². The van der Waals surface area contributed by atoms with Crippen molar-refractivity contribution in [3.63, 3.8) is 0 Å². The van der Waals surface area contributed by atoms with Gasteiger partial charge in [-0.3, -0.25) is 0 Å². The summed E-state index contributed by atoms with van der Waals surface area (Å²) in [5.74, 6) is 0.450. The van der Waals surface area contributed by atoms with Crippen molar-refractivity contribution in [3.8, 4) is 5.75 Å². The van der Waals surface area contributed by atoms with Crippen molar-refractivity contribution < 1.29 is 23.8 Å². The molecule has 0 radical (unpaired) electrons. The van der Waals surface area contributed by atoms with Gasteiger partial charge >= 0.3 is 12.1 Å². The number of amides is 1. The first-order chi connectivity index (χ1) is 15.8. The Balaban J connectivity index is 1.48. The monoisotopic (exact) mass is 462 g/mol. The molecule has 1 aliphatic heterocycles. The lowest BCUT2D eigenvalue weighted by molar-refractivity contribution is 0.0257. The molecule has 0 N–H and O–H groups in total. The van der Waals surface area contributed by atoms with Crippen molar-refractivity contribution in [1.29, 1.82) is 0 Å². The van der Waals surface area contributed by atoms with E-state index in [2.05, 4.69) is 4.90 Å². The summed E-state index contributed by atoms with van der Waals surface area (Å²) in [6, 6.07) is 7.06. The normalized spacial score (nSPS) is 15.1. The van der Waals surface area contributed by atoms with Crippen molar-refractivity contribution in [2.45, 2.75) is 71.3 Å². The molecule has 1 heterocycles. The molecule has 1 aromatic carbocycles. The van der Waals surface area contributed by atoms with Gasteiger partial charge in [-0.1, -0.05) is 25.7 Å². The summed E-state index contributed by atoms with van der Waals surface area (Å²) in [5.41, 5.74) is 0.0948. The molecule has 0 aliphatic carbocycles. The summed E-state index contributed by atoms with van der Waals surface area (Å²) in [6.45, 7) is 11.0. The van der Waals surface area contributed by atoms with E-state index in [4.69, 9.17) is 14.2 Å². The van der Waals surface area contributed by atoms with E-state index in [0.29, 0.717) is 12.2 Å². The third-order valence-electron chi connectivity index (χ3n) is 5.65. The predicted molar refractivity (Wildman–Crippen MR) is 130 cm³/mol. The Morgan fingerprint density at radius 2 is 1.55 bits per heavy atom. The number of hydrogen-bond acceptors (Lipinski definition) is 6. The molecule has 0 bridgehead atoms. The third-order valence-corrected chi connectivity index (χ3v) is 5.65. The highest BCUT2D eigenvalue weighted by Gasteiger charge is 2.24. The van der Waals surface area contributed by atoms with E-state index in [1.165, 1.54) is 32.8 Å². The highest BCUT2D eigenvalue weighted by molar-refractivity contribution is 5.89. The van der Waals surface area contributed by atoms with Crippen molar-refractivity contribution in [2.24, 2.45) is 0 Å². The van der Waals surface area contributed by atoms with Gasteiger partial charge in [0, 0.05) is 19.6 Å². The first-order valence-electron chi connectivity index (χ1n) is 12.3. The number of carbonyl (C=O) groups excluding carboxylic acids is 2. The molecule has 1 saturated heterocycles. The van der Waals surface area contributed by atoms with Crippen LogP contribution >= 0.6 is 0 Å². The Morgan fingerprint density at radius 1 is 0.879 bits per heavy atom. The Hall–Kier alpha value is -2.28. The minimum atomic E-state index is -0.438. The van der Waals surface area contributed by atoms with Gasteiger partial charge in [0.05, 0.1) is 19.3 Å². The van der Waals surface area contributed by atoms with E-state index in [0.717, 1.165) is 57.7 Å². The lowest BCUT2D eigenvalue weighted by atomic mass is 10.1. The average Bonchev–Trinajstić information content (AvgIpc) is 3.02. The summed E-state index contributed by atoms with van der Waals surface area (Å²) >= 11 is 0. The zero-order valence-electron chi connectivity index (χ0n) is 20.9. The van der Waals surface area contributed by atoms with Gasteiger partial charge in [0.1, 0.15) is 11.4 Å². The molecular formula is C26H42N2O5. The maximum atomic E-state index is 12.3. The Kier molecular flexibility index (Phi) is 11.5. The van der Waals surface area contributed by atoms with Crippen LogP contribution in [0.25, 0.3) is 0 Å². The SMILES string of the molecule is COC(=O)c1ccc(OCCCCCCCCN2CCCN(C(=O)OC(C)(C)C)CC2)cc1. The van der Waals surface area contributed by atoms with Crippen molar-refractivity contribution in [2.75, 3.05) is 46.4 Å². The smallest absolute Gasteiger partial charge is 0.410 e. The number of unbranched alkanes of at least 4 members (excludes halogenated alkanes) is 5. The van der Waals surface area contributed by atoms with Crippen molar-refractivity contribution in [3.05, 3.63) is 29.8 Å². The van der Waals surface area contributed by atoms with Crippen LogP contribution in [0.5, 0.6) is 5.75 Å². The van der Waals surface area contributed by atoms with E-state index in [1.807, 2.05) is 37.8 Å². The average molecular weight is 463 g/mol. The summed E-state index contributed by atoms with van der Waals surface area (Å²) in [5, 5.41) is 0. The number of rotatable bonds is 11. The molecule has 0 aromatic heterocycles. The number of esters is 1. The lowest BCUT2D eigenvalue weighted by Crippen LogP contribution is -2.39. The molecule has 0 saturated carbocycles. The van der Waals surface area contributed by atoms with Crippen LogP contribution in [0.2, 0.25) is 0 Å².